The van der Waals surface area contributed by atoms with E-state index in [2.05, 4.69) is 0 Å². The second-order valence-corrected chi connectivity index (χ2v) is 4.38. The summed E-state index contributed by atoms with van der Waals surface area (Å²) in [6, 6.07) is 3.27. The lowest BCUT2D eigenvalue weighted by Gasteiger charge is -2.17. The standard InChI is InChI=1S/C15H21NO6/c1-16(2)9-12(15(17)21-6)22-11-8-7-10(18-3)13(19-4)14(11)20-5/h7-9H,1-6H3/b12-9-. The molecule has 1 rings (SSSR count). The summed E-state index contributed by atoms with van der Waals surface area (Å²) < 4.78 is 26.1. The summed E-state index contributed by atoms with van der Waals surface area (Å²) in [4.78, 5) is 13.5. The fourth-order valence-electron chi connectivity index (χ4n) is 1.73. The van der Waals surface area contributed by atoms with Crippen molar-refractivity contribution in [2.24, 2.45) is 0 Å². The molecule has 0 N–H and O–H groups in total. The Kier molecular flexibility index (Phi) is 6.37. The first-order valence-electron chi connectivity index (χ1n) is 6.41. The van der Waals surface area contributed by atoms with E-state index in [1.807, 2.05) is 0 Å². The van der Waals surface area contributed by atoms with Crippen molar-refractivity contribution in [1.29, 1.82) is 0 Å². The average Bonchev–Trinajstić information content (AvgIpc) is 2.52. The van der Waals surface area contributed by atoms with E-state index in [9.17, 15) is 4.79 Å². The third-order valence-electron chi connectivity index (χ3n) is 2.65. The summed E-state index contributed by atoms with van der Waals surface area (Å²) >= 11 is 0. The molecule has 22 heavy (non-hydrogen) atoms. The Hall–Kier alpha value is -2.57. The number of rotatable bonds is 7. The number of esters is 1. The van der Waals surface area contributed by atoms with Crippen LogP contribution in [-0.2, 0) is 9.53 Å². The van der Waals surface area contributed by atoms with E-state index in [-0.39, 0.29) is 5.76 Å². The van der Waals surface area contributed by atoms with Crippen LogP contribution in [0, 0.1) is 0 Å². The molecule has 0 spiro atoms. The Morgan fingerprint density at radius 3 is 1.95 bits per heavy atom. The molecule has 0 amide bonds. The molecule has 0 unspecified atom stereocenters. The molecule has 1 aromatic carbocycles. The van der Waals surface area contributed by atoms with Gasteiger partial charge in [0.1, 0.15) is 0 Å². The van der Waals surface area contributed by atoms with Crippen LogP contribution in [0.15, 0.2) is 24.1 Å². The number of nitrogens with zero attached hydrogens (tertiary/aromatic N) is 1. The minimum absolute atomic E-state index is 0.0121. The zero-order valence-corrected chi connectivity index (χ0v) is 13.6. The number of hydrogen-bond acceptors (Lipinski definition) is 7. The molecule has 0 aliphatic carbocycles. The second-order valence-electron chi connectivity index (χ2n) is 4.38. The zero-order chi connectivity index (χ0) is 16.7. The topological polar surface area (TPSA) is 66.5 Å². The summed E-state index contributed by atoms with van der Waals surface area (Å²) in [5.41, 5.74) is 0. The predicted octanol–water partition coefficient (Wildman–Crippen LogP) is 1.67. The maximum Gasteiger partial charge on any atom is 0.375 e. The molecule has 0 radical (unpaired) electrons. The summed E-state index contributed by atoms with van der Waals surface area (Å²) in [6.07, 6.45) is 1.50. The first kappa shape index (κ1) is 17.5. The van der Waals surface area contributed by atoms with Crippen LogP contribution in [-0.4, -0.2) is 53.4 Å². The van der Waals surface area contributed by atoms with Crippen LogP contribution >= 0.6 is 0 Å². The van der Waals surface area contributed by atoms with Gasteiger partial charge in [-0.15, -0.1) is 0 Å². The number of hydrogen-bond donors (Lipinski definition) is 0. The van der Waals surface area contributed by atoms with Gasteiger partial charge in [-0.25, -0.2) is 4.79 Å². The van der Waals surface area contributed by atoms with Crippen LogP contribution in [0.25, 0.3) is 0 Å². The molecule has 0 aliphatic rings. The van der Waals surface area contributed by atoms with Crippen molar-refractivity contribution in [2.45, 2.75) is 0 Å². The highest BCUT2D eigenvalue weighted by atomic mass is 16.6. The van der Waals surface area contributed by atoms with Crippen LogP contribution in [0.2, 0.25) is 0 Å². The number of methoxy groups -OCH3 is 4. The molecule has 0 saturated carbocycles. The highest BCUT2D eigenvalue weighted by molar-refractivity contribution is 5.86. The Bertz CT molecular complexity index is 553. The van der Waals surface area contributed by atoms with Crippen LogP contribution in [0.5, 0.6) is 23.0 Å². The number of carbonyl (C=O) groups excluding carboxylic acids is 1. The van der Waals surface area contributed by atoms with E-state index in [4.69, 9.17) is 23.7 Å². The van der Waals surface area contributed by atoms with Gasteiger partial charge in [-0.3, -0.25) is 0 Å². The van der Waals surface area contributed by atoms with Crippen molar-refractivity contribution in [3.8, 4) is 23.0 Å². The van der Waals surface area contributed by atoms with E-state index >= 15 is 0 Å². The highest BCUT2D eigenvalue weighted by Crippen LogP contribution is 2.44. The van der Waals surface area contributed by atoms with Crippen molar-refractivity contribution >= 4 is 5.97 Å². The Morgan fingerprint density at radius 1 is 0.955 bits per heavy atom. The van der Waals surface area contributed by atoms with Gasteiger partial charge in [0.25, 0.3) is 0 Å². The fraction of sp³-hybridized carbons (Fsp3) is 0.400. The van der Waals surface area contributed by atoms with Crippen molar-refractivity contribution in [1.82, 2.24) is 4.90 Å². The summed E-state index contributed by atoms with van der Waals surface area (Å²) in [7, 11) is 9.28. The summed E-state index contributed by atoms with van der Waals surface area (Å²) in [5, 5.41) is 0. The van der Waals surface area contributed by atoms with E-state index in [0.717, 1.165) is 0 Å². The molecule has 0 saturated heterocycles. The van der Waals surface area contributed by atoms with Gasteiger partial charge in [0.05, 0.1) is 28.4 Å². The molecule has 0 aromatic heterocycles. The number of benzene rings is 1. The lowest BCUT2D eigenvalue weighted by molar-refractivity contribution is -0.138. The van der Waals surface area contributed by atoms with Crippen LogP contribution in [0.3, 0.4) is 0 Å². The lowest BCUT2D eigenvalue weighted by atomic mass is 10.2. The third kappa shape index (κ3) is 3.97. The average molecular weight is 311 g/mol. The van der Waals surface area contributed by atoms with Gasteiger partial charge in [0.2, 0.25) is 17.3 Å². The van der Waals surface area contributed by atoms with Crippen molar-refractivity contribution in [2.75, 3.05) is 42.5 Å². The molecule has 0 fully saturated rings. The number of carbonyl (C=O) groups is 1. The zero-order valence-electron chi connectivity index (χ0n) is 13.6. The monoisotopic (exact) mass is 311 g/mol. The van der Waals surface area contributed by atoms with Crippen molar-refractivity contribution in [3.63, 3.8) is 0 Å². The van der Waals surface area contributed by atoms with Gasteiger partial charge in [-0.2, -0.15) is 0 Å². The van der Waals surface area contributed by atoms with Gasteiger partial charge < -0.3 is 28.6 Å². The van der Waals surface area contributed by atoms with Crippen LogP contribution in [0.1, 0.15) is 0 Å². The molecule has 0 atom stereocenters. The molecule has 0 bridgehead atoms. The molecule has 0 aliphatic heterocycles. The van der Waals surface area contributed by atoms with Gasteiger partial charge in [-0.05, 0) is 12.1 Å². The minimum atomic E-state index is -0.606. The molecule has 7 nitrogen and oxygen atoms in total. The minimum Gasteiger partial charge on any atom is -0.493 e. The van der Waals surface area contributed by atoms with E-state index in [1.165, 1.54) is 34.6 Å². The lowest BCUT2D eigenvalue weighted by Crippen LogP contribution is -2.15. The van der Waals surface area contributed by atoms with Crippen LogP contribution in [0.4, 0.5) is 0 Å². The predicted molar refractivity (Wildman–Crippen MR) is 80.5 cm³/mol. The molecular weight excluding hydrogens is 290 g/mol. The van der Waals surface area contributed by atoms with Gasteiger partial charge in [-0.1, -0.05) is 0 Å². The van der Waals surface area contributed by atoms with E-state index in [1.54, 1.807) is 31.1 Å². The smallest absolute Gasteiger partial charge is 0.375 e. The summed E-state index contributed by atoms with van der Waals surface area (Å²) in [5.74, 6) is 0.886. The normalized spacial score (nSPS) is 10.7. The van der Waals surface area contributed by atoms with Crippen molar-refractivity contribution < 1.29 is 28.5 Å². The summed E-state index contributed by atoms with van der Waals surface area (Å²) in [6.45, 7) is 0. The number of ether oxygens (including phenoxy) is 5. The SMILES string of the molecule is COC(=O)/C(=C/N(C)C)Oc1ccc(OC)c(OC)c1OC. The fourth-order valence-corrected chi connectivity index (χ4v) is 1.73. The third-order valence-corrected chi connectivity index (χ3v) is 2.65. The van der Waals surface area contributed by atoms with Crippen LogP contribution < -0.4 is 18.9 Å². The first-order chi connectivity index (χ1) is 10.5. The van der Waals surface area contributed by atoms with Gasteiger partial charge in [0.15, 0.2) is 11.5 Å². The van der Waals surface area contributed by atoms with Gasteiger partial charge >= 0.3 is 5.97 Å². The first-order valence-corrected chi connectivity index (χ1v) is 6.41. The molecule has 122 valence electrons. The Morgan fingerprint density at radius 2 is 1.50 bits per heavy atom. The second kappa shape index (κ2) is 8.02. The largest absolute Gasteiger partial charge is 0.493 e. The van der Waals surface area contributed by atoms with Crippen molar-refractivity contribution in [3.05, 3.63) is 24.1 Å². The Labute approximate surface area is 130 Å². The Balaban J connectivity index is 3.28. The molecule has 1 aromatic rings. The molecule has 0 heterocycles. The van der Waals surface area contributed by atoms with E-state index < -0.39 is 5.97 Å². The maximum absolute atomic E-state index is 11.8. The van der Waals surface area contributed by atoms with E-state index in [0.29, 0.717) is 23.0 Å². The van der Waals surface area contributed by atoms with Gasteiger partial charge in [0, 0.05) is 20.3 Å². The molecular formula is C15H21NO6. The molecule has 7 heteroatoms. The maximum atomic E-state index is 11.8. The highest BCUT2D eigenvalue weighted by Gasteiger charge is 2.21. The quantitative estimate of drug-likeness (QED) is 0.431.